The predicted molar refractivity (Wildman–Crippen MR) is 47.9 cm³/mol. The largest absolute Gasteiger partial charge is 0.0588 e. The Hall–Kier alpha value is -0.780. The summed E-state index contributed by atoms with van der Waals surface area (Å²) < 4.78 is 0. The molecule has 1 aliphatic carbocycles. The van der Waals surface area contributed by atoms with Gasteiger partial charge in [-0.1, -0.05) is 12.1 Å². The van der Waals surface area contributed by atoms with Gasteiger partial charge in [-0.25, -0.2) is 0 Å². The first kappa shape index (κ1) is 6.90. The Bertz CT molecular complexity index is 255. The average molecular weight is 146 g/mol. The van der Waals surface area contributed by atoms with Gasteiger partial charge in [0.15, 0.2) is 0 Å². The van der Waals surface area contributed by atoms with E-state index in [0.717, 1.165) is 0 Å². The zero-order valence-electron chi connectivity index (χ0n) is 7.28. The Morgan fingerprint density at radius 3 is 1.82 bits per heavy atom. The van der Waals surface area contributed by atoms with Gasteiger partial charge >= 0.3 is 0 Å². The highest BCUT2D eigenvalue weighted by Gasteiger charge is 2.13. The van der Waals surface area contributed by atoms with Crippen molar-refractivity contribution in [3.63, 3.8) is 0 Å². The molecular formula is C11H14. The van der Waals surface area contributed by atoms with E-state index >= 15 is 0 Å². The molecule has 2 rings (SSSR count). The number of hydrogen-bond donors (Lipinski definition) is 0. The van der Waals surface area contributed by atoms with Crippen molar-refractivity contribution in [3.8, 4) is 0 Å². The summed E-state index contributed by atoms with van der Waals surface area (Å²) in [7, 11) is 0. The zero-order chi connectivity index (χ0) is 7.84. The van der Waals surface area contributed by atoms with E-state index in [4.69, 9.17) is 0 Å². The number of fused-ring (bicyclic) bond motifs is 1. The van der Waals surface area contributed by atoms with Gasteiger partial charge in [0.05, 0.1) is 0 Å². The lowest BCUT2D eigenvalue weighted by Crippen LogP contribution is -1.90. The highest BCUT2D eigenvalue weighted by Crippen LogP contribution is 2.27. The molecule has 0 radical (unpaired) electrons. The Kier molecular flexibility index (Phi) is 1.49. The first-order valence-corrected chi connectivity index (χ1v) is 4.37. The second kappa shape index (κ2) is 2.37. The van der Waals surface area contributed by atoms with E-state index in [9.17, 15) is 0 Å². The highest BCUT2D eigenvalue weighted by atomic mass is 14.2. The molecule has 0 spiro atoms. The number of hydrogen-bond acceptors (Lipinski definition) is 0. The Morgan fingerprint density at radius 1 is 0.909 bits per heavy atom. The van der Waals surface area contributed by atoms with Crippen LogP contribution in [0.4, 0.5) is 0 Å². The van der Waals surface area contributed by atoms with Crippen LogP contribution in [0.2, 0.25) is 0 Å². The van der Waals surface area contributed by atoms with Gasteiger partial charge in [-0.2, -0.15) is 0 Å². The van der Waals surface area contributed by atoms with Gasteiger partial charge in [0.25, 0.3) is 0 Å². The highest BCUT2D eigenvalue weighted by molar-refractivity contribution is 5.42. The topological polar surface area (TPSA) is 0 Å². The molecule has 0 aliphatic heterocycles. The van der Waals surface area contributed by atoms with E-state index in [-0.39, 0.29) is 0 Å². The van der Waals surface area contributed by atoms with Gasteiger partial charge in [-0.3, -0.25) is 0 Å². The summed E-state index contributed by atoms with van der Waals surface area (Å²) in [6, 6.07) is 4.50. The van der Waals surface area contributed by atoms with Gasteiger partial charge in [-0.15, -0.1) is 0 Å². The van der Waals surface area contributed by atoms with Crippen LogP contribution in [0.15, 0.2) is 12.1 Å². The molecule has 0 heteroatoms. The van der Waals surface area contributed by atoms with Crippen molar-refractivity contribution in [2.75, 3.05) is 0 Å². The molecule has 11 heavy (non-hydrogen) atoms. The van der Waals surface area contributed by atoms with Crippen LogP contribution in [-0.4, -0.2) is 0 Å². The lowest BCUT2D eigenvalue weighted by atomic mass is 10.0. The molecule has 0 heterocycles. The molecule has 0 amide bonds. The first-order valence-electron chi connectivity index (χ1n) is 4.37. The molecule has 1 aromatic rings. The van der Waals surface area contributed by atoms with E-state index in [0.29, 0.717) is 0 Å². The summed E-state index contributed by atoms with van der Waals surface area (Å²) in [5, 5.41) is 0. The van der Waals surface area contributed by atoms with E-state index in [2.05, 4.69) is 26.0 Å². The van der Waals surface area contributed by atoms with Crippen LogP contribution in [0.3, 0.4) is 0 Å². The molecule has 0 saturated heterocycles. The molecule has 0 fully saturated rings. The maximum Gasteiger partial charge on any atom is -0.0270 e. The average Bonchev–Trinajstić information content (AvgIpc) is 2.45. The third-order valence-electron chi connectivity index (χ3n) is 2.75. The molecule has 0 N–H and O–H groups in total. The molecular weight excluding hydrogens is 132 g/mol. The predicted octanol–water partition coefficient (Wildman–Crippen LogP) is 2.79. The Morgan fingerprint density at radius 2 is 1.36 bits per heavy atom. The van der Waals surface area contributed by atoms with Gasteiger partial charge in [0, 0.05) is 0 Å². The third kappa shape index (κ3) is 0.973. The second-order valence-electron chi connectivity index (χ2n) is 3.51. The summed E-state index contributed by atoms with van der Waals surface area (Å²) in [4.78, 5) is 0. The van der Waals surface area contributed by atoms with Crippen LogP contribution in [-0.2, 0) is 12.8 Å². The van der Waals surface area contributed by atoms with Gasteiger partial charge in [0.2, 0.25) is 0 Å². The van der Waals surface area contributed by atoms with Crippen LogP contribution >= 0.6 is 0 Å². The molecule has 0 atom stereocenters. The monoisotopic (exact) mass is 146 g/mol. The molecule has 0 unspecified atom stereocenters. The third-order valence-corrected chi connectivity index (χ3v) is 2.75. The van der Waals surface area contributed by atoms with Gasteiger partial charge < -0.3 is 0 Å². The van der Waals surface area contributed by atoms with Crippen molar-refractivity contribution in [2.45, 2.75) is 33.1 Å². The van der Waals surface area contributed by atoms with Crippen molar-refractivity contribution in [2.24, 2.45) is 0 Å². The van der Waals surface area contributed by atoms with E-state index < -0.39 is 0 Å². The minimum absolute atomic E-state index is 1.31. The first-order chi connectivity index (χ1) is 5.29. The van der Waals surface area contributed by atoms with E-state index in [1.807, 2.05) is 0 Å². The Labute approximate surface area is 68.3 Å². The fourth-order valence-electron chi connectivity index (χ4n) is 2.07. The van der Waals surface area contributed by atoms with Gasteiger partial charge in [-0.05, 0) is 55.4 Å². The zero-order valence-corrected chi connectivity index (χ0v) is 7.28. The van der Waals surface area contributed by atoms with Crippen molar-refractivity contribution < 1.29 is 0 Å². The minimum atomic E-state index is 1.31. The van der Waals surface area contributed by atoms with E-state index in [1.54, 1.807) is 11.1 Å². The normalized spacial score (nSPS) is 15.1. The van der Waals surface area contributed by atoms with E-state index in [1.165, 1.54) is 30.4 Å². The molecule has 0 aromatic heterocycles. The molecule has 58 valence electrons. The number of aryl methyl sites for hydroxylation is 2. The fraction of sp³-hybridized carbons (Fsp3) is 0.455. The number of rotatable bonds is 0. The summed E-state index contributed by atoms with van der Waals surface area (Å²) in [6.07, 6.45) is 3.98. The standard InChI is InChI=1S/C11H14/c1-8-6-7-9(2)11-5-3-4-10(8)11/h6-7H,3-5H2,1-2H3. The lowest BCUT2D eigenvalue weighted by Gasteiger charge is -2.05. The molecule has 1 aliphatic rings. The maximum atomic E-state index is 2.25. The van der Waals surface area contributed by atoms with Gasteiger partial charge in [0.1, 0.15) is 0 Å². The molecule has 0 saturated carbocycles. The number of benzene rings is 1. The fourth-order valence-corrected chi connectivity index (χ4v) is 2.07. The van der Waals surface area contributed by atoms with Crippen molar-refractivity contribution in [1.29, 1.82) is 0 Å². The molecule has 1 aromatic carbocycles. The summed E-state index contributed by atoms with van der Waals surface area (Å²) in [5.74, 6) is 0. The lowest BCUT2D eigenvalue weighted by molar-refractivity contribution is 0.907. The maximum absolute atomic E-state index is 2.25. The Balaban J connectivity index is 2.64. The summed E-state index contributed by atoms with van der Waals surface area (Å²) in [5.41, 5.74) is 6.24. The van der Waals surface area contributed by atoms with Crippen molar-refractivity contribution in [3.05, 3.63) is 34.4 Å². The molecule has 0 bridgehead atoms. The smallest absolute Gasteiger partial charge is 0.0270 e. The quantitative estimate of drug-likeness (QED) is 0.528. The van der Waals surface area contributed by atoms with Crippen molar-refractivity contribution >= 4 is 0 Å². The van der Waals surface area contributed by atoms with Crippen LogP contribution in [0.25, 0.3) is 0 Å². The van der Waals surface area contributed by atoms with Crippen molar-refractivity contribution in [1.82, 2.24) is 0 Å². The SMILES string of the molecule is Cc1ccc(C)c2c1CCC2. The minimum Gasteiger partial charge on any atom is -0.0588 e. The second-order valence-corrected chi connectivity index (χ2v) is 3.51. The van der Waals surface area contributed by atoms with Crippen LogP contribution in [0.5, 0.6) is 0 Å². The van der Waals surface area contributed by atoms with Crippen LogP contribution in [0, 0.1) is 13.8 Å². The van der Waals surface area contributed by atoms with Crippen LogP contribution in [0.1, 0.15) is 28.7 Å². The summed E-state index contributed by atoms with van der Waals surface area (Å²) >= 11 is 0. The van der Waals surface area contributed by atoms with Crippen LogP contribution < -0.4 is 0 Å². The summed E-state index contributed by atoms with van der Waals surface area (Å²) in [6.45, 7) is 4.45. The molecule has 0 nitrogen and oxygen atoms in total.